The van der Waals surface area contributed by atoms with Gasteiger partial charge in [-0.1, -0.05) is 78.9 Å². The van der Waals surface area contributed by atoms with Crippen LogP contribution < -0.4 is 4.74 Å². The van der Waals surface area contributed by atoms with Crippen molar-refractivity contribution >= 4 is 23.6 Å². The van der Waals surface area contributed by atoms with Gasteiger partial charge in [-0.3, -0.25) is 14.9 Å². The van der Waals surface area contributed by atoms with Crippen LogP contribution in [-0.2, 0) is 6.61 Å². The Morgan fingerprint density at radius 3 is 1.85 bits per heavy atom. The highest BCUT2D eigenvalue weighted by Gasteiger charge is 2.08. The molecule has 33 heavy (non-hydrogen) atoms. The molecule has 0 spiro atoms. The molecule has 0 aliphatic heterocycles. The lowest BCUT2D eigenvalue weighted by Gasteiger charge is -2.08. The third-order valence-corrected chi connectivity index (χ3v) is 5.11. The molecular formula is C28H21NO4. The van der Waals surface area contributed by atoms with Gasteiger partial charge in [-0.05, 0) is 41.0 Å². The highest BCUT2D eigenvalue weighted by molar-refractivity contribution is 6.08. The van der Waals surface area contributed by atoms with Gasteiger partial charge in [-0.2, -0.15) is 0 Å². The van der Waals surface area contributed by atoms with E-state index in [0.717, 1.165) is 22.4 Å². The van der Waals surface area contributed by atoms with E-state index < -0.39 is 4.92 Å². The minimum atomic E-state index is -0.412. The lowest BCUT2D eigenvalue weighted by Crippen LogP contribution is -2.02. The van der Waals surface area contributed by atoms with E-state index >= 15 is 0 Å². The van der Waals surface area contributed by atoms with Gasteiger partial charge in [0.1, 0.15) is 12.4 Å². The second-order valence-corrected chi connectivity index (χ2v) is 7.43. The van der Waals surface area contributed by atoms with E-state index in [1.807, 2.05) is 91.0 Å². The van der Waals surface area contributed by atoms with Crippen molar-refractivity contribution in [3.63, 3.8) is 0 Å². The first-order chi connectivity index (χ1) is 16.1. The number of rotatable bonds is 8. The first kappa shape index (κ1) is 21.7. The minimum absolute atomic E-state index is 0.000405. The van der Waals surface area contributed by atoms with Crippen LogP contribution >= 0.6 is 0 Å². The number of nitro groups is 1. The van der Waals surface area contributed by atoms with Gasteiger partial charge in [0.25, 0.3) is 5.69 Å². The summed E-state index contributed by atoms with van der Waals surface area (Å²) in [6.07, 6.45) is 3.84. The fourth-order valence-electron chi connectivity index (χ4n) is 3.25. The Kier molecular flexibility index (Phi) is 6.71. The highest BCUT2D eigenvalue weighted by Crippen LogP contribution is 2.18. The summed E-state index contributed by atoms with van der Waals surface area (Å²) in [7, 11) is 0. The zero-order valence-electron chi connectivity index (χ0n) is 17.8. The van der Waals surface area contributed by atoms with Crippen LogP contribution in [0.5, 0.6) is 5.75 Å². The van der Waals surface area contributed by atoms with Gasteiger partial charge in [-0.15, -0.1) is 0 Å². The van der Waals surface area contributed by atoms with Crippen molar-refractivity contribution in [3.05, 3.63) is 141 Å². The lowest BCUT2D eigenvalue weighted by molar-refractivity contribution is -0.384. The predicted molar refractivity (Wildman–Crippen MR) is 129 cm³/mol. The van der Waals surface area contributed by atoms with Crippen molar-refractivity contribution in [1.29, 1.82) is 0 Å². The maximum Gasteiger partial charge on any atom is 0.269 e. The Balaban J connectivity index is 1.32. The smallest absolute Gasteiger partial charge is 0.269 e. The number of ether oxygens (including phenoxy) is 1. The van der Waals surface area contributed by atoms with Crippen LogP contribution in [0.3, 0.4) is 0 Å². The van der Waals surface area contributed by atoms with E-state index in [1.165, 1.54) is 12.1 Å². The largest absolute Gasteiger partial charge is 0.489 e. The monoisotopic (exact) mass is 435 g/mol. The number of non-ortho nitro benzene ring substituents is 1. The molecule has 0 saturated carbocycles. The molecule has 4 rings (SSSR count). The van der Waals surface area contributed by atoms with E-state index in [1.54, 1.807) is 12.1 Å². The fraction of sp³-hybridized carbons (Fsp3) is 0.0357. The number of nitrogens with zero attached hydrogens (tertiary/aromatic N) is 1. The Morgan fingerprint density at radius 1 is 0.727 bits per heavy atom. The Hall–Kier alpha value is -4.51. The lowest BCUT2D eigenvalue weighted by atomic mass is 10.0. The van der Waals surface area contributed by atoms with E-state index in [2.05, 4.69) is 0 Å². The van der Waals surface area contributed by atoms with E-state index in [0.29, 0.717) is 17.7 Å². The van der Waals surface area contributed by atoms with Crippen LogP contribution in [-0.4, -0.2) is 10.7 Å². The van der Waals surface area contributed by atoms with Crippen molar-refractivity contribution in [3.8, 4) is 5.75 Å². The second-order valence-electron chi connectivity index (χ2n) is 7.43. The van der Waals surface area contributed by atoms with Crippen LogP contribution in [0.15, 0.2) is 103 Å². The van der Waals surface area contributed by atoms with Crippen LogP contribution in [0.1, 0.15) is 32.6 Å². The van der Waals surface area contributed by atoms with Crippen molar-refractivity contribution < 1.29 is 14.5 Å². The van der Waals surface area contributed by atoms with Gasteiger partial charge in [-0.25, -0.2) is 0 Å². The molecule has 0 unspecified atom stereocenters. The normalized spacial score (nSPS) is 10.8. The number of ketones is 1. The molecule has 0 fully saturated rings. The molecule has 0 aliphatic rings. The predicted octanol–water partition coefficient (Wildman–Crippen LogP) is 6.58. The maximum atomic E-state index is 12.5. The van der Waals surface area contributed by atoms with E-state index in [-0.39, 0.29) is 11.5 Å². The summed E-state index contributed by atoms with van der Waals surface area (Å²) in [6.45, 7) is 0.401. The van der Waals surface area contributed by atoms with Gasteiger partial charge >= 0.3 is 0 Å². The maximum absolute atomic E-state index is 12.5. The number of carbonyl (C=O) groups is 1. The summed E-state index contributed by atoms with van der Waals surface area (Å²) < 4.78 is 5.86. The summed E-state index contributed by atoms with van der Waals surface area (Å²) in [5.41, 5.74) is 4.24. The van der Waals surface area contributed by atoms with Crippen molar-refractivity contribution in [2.45, 2.75) is 6.61 Å². The fourth-order valence-corrected chi connectivity index (χ4v) is 3.25. The quantitative estimate of drug-likeness (QED) is 0.136. The zero-order valence-corrected chi connectivity index (χ0v) is 17.8. The van der Waals surface area contributed by atoms with Gasteiger partial charge in [0.2, 0.25) is 0 Å². The molecule has 162 valence electrons. The average Bonchev–Trinajstić information content (AvgIpc) is 2.87. The molecule has 0 radical (unpaired) electrons. The molecule has 0 N–H and O–H groups in total. The molecule has 0 saturated heterocycles. The van der Waals surface area contributed by atoms with Crippen molar-refractivity contribution in [2.75, 3.05) is 0 Å². The average molecular weight is 435 g/mol. The third-order valence-electron chi connectivity index (χ3n) is 5.11. The summed E-state index contributed by atoms with van der Waals surface area (Å²) in [6, 6.07) is 30.7. The van der Waals surface area contributed by atoms with Crippen molar-refractivity contribution in [2.24, 2.45) is 0 Å². The number of carbonyl (C=O) groups excluding carboxylic acids is 1. The molecule has 4 aromatic carbocycles. The highest BCUT2D eigenvalue weighted by atomic mass is 16.6. The van der Waals surface area contributed by atoms with Crippen LogP contribution in [0, 0.1) is 10.1 Å². The first-order valence-electron chi connectivity index (χ1n) is 10.4. The molecule has 0 amide bonds. The van der Waals surface area contributed by atoms with E-state index in [9.17, 15) is 14.9 Å². The SMILES string of the molecule is O=C(c1ccccc1)c1ccc(COc2ccc(/C=C/c3ccc([N+](=O)[O-])cc3)cc2)cc1. The molecule has 0 aromatic heterocycles. The topological polar surface area (TPSA) is 69.4 Å². The van der Waals surface area contributed by atoms with Gasteiger partial charge in [0, 0.05) is 23.3 Å². The molecule has 5 nitrogen and oxygen atoms in total. The number of hydrogen-bond donors (Lipinski definition) is 0. The molecule has 5 heteroatoms. The number of nitro benzene ring substituents is 1. The first-order valence-corrected chi connectivity index (χ1v) is 10.4. The summed E-state index contributed by atoms with van der Waals surface area (Å²) in [4.78, 5) is 22.8. The molecule has 0 aliphatic carbocycles. The zero-order chi connectivity index (χ0) is 23.0. The second kappa shape index (κ2) is 10.2. The Bertz CT molecular complexity index is 1260. The molecule has 0 heterocycles. The molecular weight excluding hydrogens is 414 g/mol. The van der Waals surface area contributed by atoms with E-state index in [4.69, 9.17) is 4.74 Å². The van der Waals surface area contributed by atoms with Gasteiger partial charge in [0.05, 0.1) is 4.92 Å². The number of hydrogen-bond acceptors (Lipinski definition) is 4. The standard InChI is InChI=1S/C28H21NO4/c30-28(24-4-2-1-3-5-24)25-14-8-23(9-15-25)20-33-27-18-12-22(13-19-27)7-6-21-10-16-26(17-11-21)29(31)32/h1-19H,20H2/b7-6+. The Morgan fingerprint density at radius 2 is 1.27 bits per heavy atom. The number of benzene rings is 4. The van der Waals surface area contributed by atoms with Gasteiger partial charge < -0.3 is 4.74 Å². The summed E-state index contributed by atoms with van der Waals surface area (Å²) >= 11 is 0. The Labute approximate surface area is 191 Å². The summed E-state index contributed by atoms with van der Waals surface area (Å²) in [5, 5.41) is 10.7. The molecule has 4 aromatic rings. The van der Waals surface area contributed by atoms with Crippen LogP contribution in [0.2, 0.25) is 0 Å². The third kappa shape index (κ3) is 5.80. The molecule has 0 bridgehead atoms. The van der Waals surface area contributed by atoms with Crippen LogP contribution in [0.25, 0.3) is 12.2 Å². The van der Waals surface area contributed by atoms with Gasteiger partial charge in [0.15, 0.2) is 5.78 Å². The summed E-state index contributed by atoms with van der Waals surface area (Å²) in [5.74, 6) is 0.743. The molecule has 0 atom stereocenters. The minimum Gasteiger partial charge on any atom is -0.489 e. The van der Waals surface area contributed by atoms with Crippen LogP contribution in [0.4, 0.5) is 5.69 Å². The van der Waals surface area contributed by atoms with Crippen molar-refractivity contribution in [1.82, 2.24) is 0 Å².